The number of ketones is 1. The van der Waals surface area contributed by atoms with Crippen molar-refractivity contribution in [2.45, 2.75) is 27.2 Å². The third kappa shape index (κ3) is 2.90. The van der Waals surface area contributed by atoms with Crippen LogP contribution in [0.25, 0.3) is 11.1 Å². The number of benzene rings is 1. The van der Waals surface area contributed by atoms with E-state index in [4.69, 9.17) is 9.26 Å². The summed E-state index contributed by atoms with van der Waals surface area (Å²) in [6.45, 7) is 5.65. The smallest absolute Gasteiger partial charge is 0.152 e. The van der Waals surface area contributed by atoms with Crippen molar-refractivity contribution in [1.82, 2.24) is 5.16 Å². The monoisotopic (exact) mass is 273 g/mol. The zero-order valence-electron chi connectivity index (χ0n) is 12.3. The van der Waals surface area contributed by atoms with Crippen LogP contribution in [0.4, 0.5) is 0 Å². The molecule has 1 aromatic carbocycles. The molecule has 1 heterocycles. The lowest BCUT2D eigenvalue weighted by atomic mass is 9.98. The van der Waals surface area contributed by atoms with Gasteiger partial charge in [0, 0.05) is 11.5 Å². The third-order valence-electron chi connectivity index (χ3n) is 3.27. The molecular formula is C16H19NO3. The normalized spacial score (nSPS) is 10.8. The van der Waals surface area contributed by atoms with E-state index in [0.717, 1.165) is 22.6 Å². The number of carbonyl (C=O) groups excluding carboxylic acids is 1. The third-order valence-corrected chi connectivity index (χ3v) is 3.27. The quantitative estimate of drug-likeness (QED) is 0.837. The van der Waals surface area contributed by atoms with Crippen LogP contribution < -0.4 is 4.74 Å². The molecule has 0 unspecified atom stereocenters. The first kappa shape index (κ1) is 14.3. The fourth-order valence-corrected chi connectivity index (χ4v) is 2.05. The van der Waals surface area contributed by atoms with Gasteiger partial charge >= 0.3 is 0 Å². The van der Waals surface area contributed by atoms with E-state index in [0.29, 0.717) is 5.76 Å². The molecule has 106 valence electrons. The van der Waals surface area contributed by atoms with Gasteiger partial charge in [-0.3, -0.25) is 4.79 Å². The first-order valence-electron chi connectivity index (χ1n) is 6.65. The van der Waals surface area contributed by atoms with E-state index in [1.807, 2.05) is 45.0 Å². The van der Waals surface area contributed by atoms with Crippen LogP contribution in [0.1, 0.15) is 25.3 Å². The maximum atomic E-state index is 11.9. The van der Waals surface area contributed by atoms with Gasteiger partial charge in [-0.25, -0.2) is 0 Å². The fraction of sp³-hybridized carbons (Fsp3) is 0.375. The molecule has 0 N–H and O–H groups in total. The van der Waals surface area contributed by atoms with Crippen LogP contribution in [0.2, 0.25) is 0 Å². The molecule has 0 aliphatic rings. The minimum atomic E-state index is -0.0152. The van der Waals surface area contributed by atoms with Crippen LogP contribution >= 0.6 is 0 Å². The number of nitrogens with zero attached hydrogens (tertiary/aromatic N) is 1. The van der Waals surface area contributed by atoms with E-state index >= 15 is 0 Å². The lowest BCUT2D eigenvalue weighted by Crippen LogP contribution is -2.10. The highest BCUT2D eigenvalue weighted by molar-refractivity contribution is 5.84. The number of Topliss-reactive ketones (excluding diaryl/α,β-unsaturated/α-hetero) is 1. The Labute approximate surface area is 118 Å². The largest absolute Gasteiger partial charge is 0.497 e. The predicted octanol–water partition coefficient (Wildman–Crippen LogP) is 3.43. The van der Waals surface area contributed by atoms with Crippen molar-refractivity contribution in [3.05, 3.63) is 35.7 Å². The van der Waals surface area contributed by atoms with Crippen molar-refractivity contribution < 1.29 is 14.1 Å². The molecule has 0 fully saturated rings. The number of ether oxygens (including phenoxy) is 1. The van der Waals surface area contributed by atoms with E-state index in [1.165, 1.54) is 0 Å². The Kier molecular flexibility index (Phi) is 4.23. The number of carbonyl (C=O) groups is 1. The number of hydrogen-bond acceptors (Lipinski definition) is 4. The van der Waals surface area contributed by atoms with E-state index in [1.54, 1.807) is 7.11 Å². The molecular weight excluding hydrogens is 254 g/mol. The fourth-order valence-electron chi connectivity index (χ4n) is 2.05. The molecule has 2 rings (SSSR count). The second kappa shape index (κ2) is 5.90. The van der Waals surface area contributed by atoms with Crippen molar-refractivity contribution >= 4 is 5.78 Å². The van der Waals surface area contributed by atoms with Crippen LogP contribution in [0.3, 0.4) is 0 Å². The van der Waals surface area contributed by atoms with Gasteiger partial charge in [-0.2, -0.15) is 0 Å². The van der Waals surface area contributed by atoms with Gasteiger partial charge in [0.15, 0.2) is 5.76 Å². The lowest BCUT2D eigenvalue weighted by Gasteiger charge is -2.06. The van der Waals surface area contributed by atoms with Crippen molar-refractivity contribution in [1.29, 1.82) is 0 Å². The summed E-state index contributed by atoms with van der Waals surface area (Å²) >= 11 is 0. The summed E-state index contributed by atoms with van der Waals surface area (Å²) in [6, 6.07) is 7.67. The molecule has 0 amide bonds. The van der Waals surface area contributed by atoms with Crippen molar-refractivity contribution in [3.8, 4) is 16.9 Å². The molecule has 0 saturated heterocycles. The average molecular weight is 273 g/mol. The number of aryl methyl sites for hydroxylation is 1. The molecule has 0 atom stereocenters. The summed E-state index contributed by atoms with van der Waals surface area (Å²) < 4.78 is 10.6. The Balaban J connectivity index is 2.40. The number of rotatable bonds is 5. The van der Waals surface area contributed by atoms with Gasteiger partial charge < -0.3 is 9.26 Å². The molecule has 20 heavy (non-hydrogen) atoms. The van der Waals surface area contributed by atoms with Gasteiger partial charge in [0.2, 0.25) is 0 Å². The van der Waals surface area contributed by atoms with Crippen LogP contribution in [0.5, 0.6) is 5.75 Å². The van der Waals surface area contributed by atoms with E-state index in [9.17, 15) is 4.79 Å². The predicted molar refractivity (Wildman–Crippen MR) is 76.8 cm³/mol. The molecule has 0 spiro atoms. The van der Waals surface area contributed by atoms with Crippen LogP contribution in [0, 0.1) is 12.8 Å². The highest BCUT2D eigenvalue weighted by Gasteiger charge is 2.19. The Morgan fingerprint density at radius 3 is 2.80 bits per heavy atom. The second-order valence-corrected chi connectivity index (χ2v) is 5.10. The minimum absolute atomic E-state index is 0.0152. The SMILES string of the molecule is COc1cccc(-c2c(C)noc2CC(=O)C(C)C)c1. The van der Waals surface area contributed by atoms with E-state index in [2.05, 4.69) is 5.16 Å². The van der Waals surface area contributed by atoms with Gasteiger partial charge in [-0.05, 0) is 24.6 Å². The zero-order valence-corrected chi connectivity index (χ0v) is 12.3. The van der Waals surface area contributed by atoms with Crippen molar-refractivity contribution in [2.24, 2.45) is 5.92 Å². The zero-order chi connectivity index (χ0) is 14.7. The summed E-state index contributed by atoms with van der Waals surface area (Å²) in [5.74, 6) is 1.52. The molecule has 4 heteroatoms. The van der Waals surface area contributed by atoms with Crippen molar-refractivity contribution in [3.63, 3.8) is 0 Å². The molecule has 0 radical (unpaired) electrons. The second-order valence-electron chi connectivity index (χ2n) is 5.10. The van der Waals surface area contributed by atoms with Gasteiger partial charge in [0.25, 0.3) is 0 Å². The summed E-state index contributed by atoms with van der Waals surface area (Å²) in [7, 11) is 1.63. The molecule has 0 aliphatic carbocycles. The lowest BCUT2D eigenvalue weighted by molar-refractivity contribution is -0.121. The molecule has 0 bridgehead atoms. The van der Waals surface area contributed by atoms with Crippen LogP contribution in [0.15, 0.2) is 28.8 Å². The highest BCUT2D eigenvalue weighted by Crippen LogP contribution is 2.30. The summed E-state index contributed by atoms with van der Waals surface area (Å²) in [5, 5.41) is 3.99. The van der Waals surface area contributed by atoms with E-state index in [-0.39, 0.29) is 18.1 Å². The average Bonchev–Trinajstić information content (AvgIpc) is 2.79. The Morgan fingerprint density at radius 2 is 2.15 bits per heavy atom. The molecule has 0 saturated carbocycles. The molecule has 4 nitrogen and oxygen atoms in total. The maximum absolute atomic E-state index is 11.9. The topological polar surface area (TPSA) is 52.3 Å². The van der Waals surface area contributed by atoms with Crippen LogP contribution in [-0.4, -0.2) is 18.0 Å². The molecule has 1 aromatic heterocycles. The summed E-state index contributed by atoms with van der Waals surface area (Å²) in [6.07, 6.45) is 0.269. The van der Waals surface area contributed by atoms with Gasteiger partial charge in [-0.15, -0.1) is 0 Å². The number of aromatic nitrogens is 1. The van der Waals surface area contributed by atoms with E-state index < -0.39 is 0 Å². The Hall–Kier alpha value is -2.10. The number of hydrogen-bond donors (Lipinski definition) is 0. The molecule has 0 aliphatic heterocycles. The first-order valence-corrected chi connectivity index (χ1v) is 6.65. The van der Waals surface area contributed by atoms with Gasteiger partial charge in [0.05, 0.1) is 19.2 Å². The number of methoxy groups -OCH3 is 1. The summed E-state index contributed by atoms with van der Waals surface area (Å²) in [4.78, 5) is 11.9. The summed E-state index contributed by atoms with van der Waals surface area (Å²) in [5.41, 5.74) is 2.62. The maximum Gasteiger partial charge on any atom is 0.152 e. The minimum Gasteiger partial charge on any atom is -0.497 e. The van der Waals surface area contributed by atoms with Gasteiger partial charge in [0.1, 0.15) is 11.5 Å². The first-order chi connectivity index (χ1) is 9.52. The Bertz CT molecular complexity index is 614. The van der Waals surface area contributed by atoms with Crippen LogP contribution in [-0.2, 0) is 11.2 Å². The van der Waals surface area contributed by atoms with Crippen molar-refractivity contribution in [2.75, 3.05) is 7.11 Å². The molecule has 2 aromatic rings. The van der Waals surface area contributed by atoms with Gasteiger partial charge in [-0.1, -0.05) is 31.1 Å². The standard InChI is InChI=1S/C16H19NO3/c1-10(2)14(18)9-15-16(11(3)17-20-15)12-6-5-7-13(8-12)19-4/h5-8,10H,9H2,1-4H3. The Morgan fingerprint density at radius 1 is 1.40 bits per heavy atom. The highest BCUT2D eigenvalue weighted by atomic mass is 16.5.